The van der Waals surface area contributed by atoms with Gasteiger partial charge in [0.15, 0.2) is 0 Å². The molecule has 8 heteroatoms. The molecular formula is C18H24N6O2. The molecule has 1 saturated heterocycles. The Balaban J connectivity index is 1.56. The third-order valence-corrected chi connectivity index (χ3v) is 4.62. The van der Waals surface area contributed by atoms with E-state index in [-0.39, 0.29) is 23.3 Å². The summed E-state index contributed by atoms with van der Waals surface area (Å²) in [6.07, 6.45) is 6.40. The molecule has 0 aliphatic carbocycles. The van der Waals surface area contributed by atoms with Crippen LogP contribution in [0.4, 0.5) is 0 Å². The van der Waals surface area contributed by atoms with Crippen molar-refractivity contribution < 1.29 is 4.79 Å². The second kappa shape index (κ2) is 8.66. The van der Waals surface area contributed by atoms with E-state index in [1.165, 1.54) is 4.68 Å². The topological polar surface area (TPSA) is 93.0 Å². The number of nitrogens with zero attached hydrogens (tertiary/aromatic N) is 5. The Kier molecular flexibility index (Phi) is 6.06. The van der Waals surface area contributed by atoms with Gasteiger partial charge in [0, 0.05) is 37.6 Å². The second-order valence-electron chi connectivity index (χ2n) is 6.50. The Morgan fingerprint density at radius 1 is 1.23 bits per heavy atom. The summed E-state index contributed by atoms with van der Waals surface area (Å²) >= 11 is 0. The van der Waals surface area contributed by atoms with E-state index in [1.54, 1.807) is 30.6 Å². The molecule has 1 aliphatic rings. The van der Waals surface area contributed by atoms with Gasteiger partial charge in [-0.15, -0.1) is 0 Å². The zero-order chi connectivity index (χ0) is 18.4. The highest BCUT2D eigenvalue weighted by molar-refractivity contribution is 5.90. The summed E-state index contributed by atoms with van der Waals surface area (Å²) in [5.41, 5.74) is 0.744. The molecule has 1 fully saturated rings. The van der Waals surface area contributed by atoms with Gasteiger partial charge in [-0.3, -0.25) is 14.5 Å². The molecule has 0 saturated carbocycles. The normalized spacial score (nSPS) is 17.8. The Morgan fingerprint density at radius 3 is 2.85 bits per heavy atom. The Morgan fingerprint density at radius 2 is 2.04 bits per heavy atom. The van der Waals surface area contributed by atoms with E-state index in [1.807, 2.05) is 6.92 Å². The van der Waals surface area contributed by atoms with E-state index in [4.69, 9.17) is 0 Å². The highest BCUT2D eigenvalue weighted by atomic mass is 16.2. The number of hydrogen-bond acceptors (Lipinski definition) is 6. The second-order valence-corrected chi connectivity index (χ2v) is 6.50. The van der Waals surface area contributed by atoms with Crippen molar-refractivity contribution in [2.24, 2.45) is 0 Å². The van der Waals surface area contributed by atoms with Gasteiger partial charge in [0.1, 0.15) is 0 Å². The first-order valence-corrected chi connectivity index (χ1v) is 8.97. The lowest BCUT2D eigenvalue weighted by Crippen LogP contribution is -2.48. The van der Waals surface area contributed by atoms with E-state index in [2.05, 4.69) is 25.3 Å². The lowest BCUT2D eigenvalue weighted by molar-refractivity contribution is 0.0899. The molecule has 2 aromatic rings. The summed E-state index contributed by atoms with van der Waals surface area (Å²) in [4.78, 5) is 34.3. The summed E-state index contributed by atoms with van der Waals surface area (Å²) in [5.74, 6) is -0.0712. The van der Waals surface area contributed by atoms with E-state index in [0.29, 0.717) is 13.1 Å². The SMILES string of the molecule is Cc1ccc(=O)n(CCN2CCCCC2CNC(=O)c2ncccn2)n1. The molecular weight excluding hydrogens is 332 g/mol. The summed E-state index contributed by atoms with van der Waals surface area (Å²) in [7, 11) is 0. The third kappa shape index (κ3) is 4.72. The summed E-state index contributed by atoms with van der Waals surface area (Å²) < 4.78 is 1.51. The number of likely N-dealkylation sites (tertiary alicyclic amines) is 1. The number of nitrogens with one attached hydrogen (secondary N) is 1. The van der Waals surface area contributed by atoms with Gasteiger partial charge in [0.25, 0.3) is 11.5 Å². The van der Waals surface area contributed by atoms with Gasteiger partial charge >= 0.3 is 0 Å². The first-order valence-electron chi connectivity index (χ1n) is 8.97. The van der Waals surface area contributed by atoms with Crippen LogP contribution >= 0.6 is 0 Å². The number of rotatable bonds is 6. The maximum atomic E-state index is 12.1. The predicted molar refractivity (Wildman–Crippen MR) is 96.8 cm³/mol. The Labute approximate surface area is 152 Å². The first-order chi connectivity index (χ1) is 12.6. The average Bonchev–Trinajstić information content (AvgIpc) is 2.68. The number of aryl methyl sites for hydroxylation is 1. The van der Waals surface area contributed by atoms with Crippen molar-refractivity contribution in [1.82, 2.24) is 30.0 Å². The van der Waals surface area contributed by atoms with Crippen molar-refractivity contribution >= 4 is 5.91 Å². The van der Waals surface area contributed by atoms with Gasteiger partial charge < -0.3 is 5.32 Å². The van der Waals surface area contributed by atoms with Crippen molar-refractivity contribution in [3.63, 3.8) is 0 Å². The zero-order valence-corrected chi connectivity index (χ0v) is 15.0. The minimum Gasteiger partial charge on any atom is -0.348 e. The highest BCUT2D eigenvalue weighted by Crippen LogP contribution is 2.16. The van der Waals surface area contributed by atoms with Crippen LogP contribution in [0.1, 0.15) is 35.6 Å². The molecule has 1 unspecified atom stereocenters. The molecule has 26 heavy (non-hydrogen) atoms. The maximum absolute atomic E-state index is 12.1. The lowest BCUT2D eigenvalue weighted by Gasteiger charge is -2.35. The summed E-state index contributed by atoms with van der Waals surface area (Å²) in [6, 6.07) is 5.21. The van der Waals surface area contributed by atoms with Crippen LogP contribution in [0.25, 0.3) is 0 Å². The lowest BCUT2D eigenvalue weighted by atomic mass is 10.0. The van der Waals surface area contributed by atoms with Crippen molar-refractivity contribution in [1.29, 1.82) is 0 Å². The van der Waals surface area contributed by atoms with Gasteiger partial charge in [-0.05, 0) is 38.4 Å². The molecule has 1 N–H and O–H groups in total. The molecule has 8 nitrogen and oxygen atoms in total. The van der Waals surface area contributed by atoms with Crippen LogP contribution in [0.2, 0.25) is 0 Å². The van der Waals surface area contributed by atoms with Crippen molar-refractivity contribution in [2.45, 2.75) is 38.8 Å². The smallest absolute Gasteiger partial charge is 0.289 e. The summed E-state index contributed by atoms with van der Waals surface area (Å²) in [5, 5.41) is 7.21. The average molecular weight is 356 g/mol. The van der Waals surface area contributed by atoms with Gasteiger partial charge in [0.05, 0.1) is 12.2 Å². The molecule has 1 aliphatic heterocycles. The van der Waals surface area contributed by atoms with E-state index in [9.17, 15) is 9.59 Å². The Hall–Kier alpha value is -2.61. The predicted octanol–water partition coefficient (Wildman–Crippen LogP) is 0.626. The first kappa shape index (κ1) is 18.2. The van der Waals surface area contributed by atoms with Crippen LogP contribution in [0.15, 0.2) is 35.4 Å². The van der Waals surface area contributed by atoms with Crippen LogP contribution in [0, 0.1) is 6.92 Å². The molecule has 1 amide bonds. The molecule has 3 rings (SSSR count). The molecule has 138 valence electrons. The Bertz CT molecular complexity index is 792. The maximum Gasteiger partial charge on any atom is 0.289 e. The number of piperidine rings is 1. The van der Waals surface area contributed by atoms with E-state index >= 15 is 0 Å². The largest absolute Gasteiger partial charge is 0.348 e. The number of carbonyl (C=O) groups is 1. The molecule has 0 radical (unpaired) electrons. The van der Waals surface area contributed by atoms with Crippen molar-refractivity contribution in [3.8, 4) is 0 Å². The quantitative estimate of drug-likeness (QED) is 0.816. The summed E-state index contributed by atoms with van der Waals surface area (Å²) in [6.45, 7) is 4.67. The van der Waals surface area contributed by atoms with Gasteiger partial charge in [-0.2, -0.15) is 5.10 Å². The van der Waals surface area contributed by atoms with Gasteiger partial charge in [-0.25, -0.2) is 14.6 Å². The van der Waals surface area contributed by atoms with E-state index in [0.717, 1.165) is 38.0 Å². The van der Waals surface area contributed by atoms with Crippen LogP contribution in [-0.4, -0.2) is 56.2 Å². The number of carbonyl (C=O) groups excluding carboxylic acids is 1. The molecule has 0 spiro atoms. The fraction of sp³-hybridized carbons (Fsp3) is 0.500. The monoisotopic (exact) mass is 356 g/mol. The van der Waals surface area contributed by atoms with Crippen LogP contribution in [-0.2, 0) is 6.54 Å². The zero-order valence-electron chi connectivity index (χ0n) is 15.0. The molecule has 2 aromatic heterocycles. The third-order valence-electron chi connectivity index (χ3n) is 4.62. The van der Waals surface area contributed by atoms with Crippen molar-refractivity contribution in [3.05, 3.63) is 52.5 Å². The van der Waals surface area contributed by atoms with Crippen LogP contribution in [0.3, 0.4) is 0 Å². The molecule has 3 heterocycles. The number of hydrogen-bond donors (Lipinski definition) is 1. The van der Waals surface area contributed by atoms with Gasteiger partial charge in [0.2, 0.25) is 5.82 Å². The van der Waals surface area contributed by atoms with Crippen LogP contribution < -0.4 is 10.9 Å². The fourth-order valence-electron chi connectivity index (χ4n) is 3.23. The number of amides is 1. The number of aromatic nitrogens is 4. The van der Waals surface area contributed by atoms with Gasteiger partial charge in [-0.1, -0.05) is 6.42 Å². The van der Waals surface area contributed by atoms with E-state index < -0.39 is 0 Å². The standard InChI is InChI=1S/C18H24N6O2/c1-14-6-7-16(25)24(22-14)12-11-23-10-3-2-5-15(23)13-21-18(26)17-19-8-4-9-20-17/h4,6-9,15H,2-3,5,10-13H2,1H3,(H,21,26). The fourth-order valence-corrected chi connectivity index (χ4v) is 3.23. The highest BCUT2D eigenvalue weighted by Gasteiger charge is 2.23. The molecule has 0 aromatic carbocycles. The molecule has 0 bridgehead atoms. The molecule has 1 atom stereocenters. The van der Waals surface area contributed by atoms with Crippen LogP contribution in [0.5, 0.6) is 0 Å². The minimum atomic E-state index is -0.257. The minimum absolute atomic E-state index is 0.0845. The van der Waals surface area contributed by atoms with Crippen molar-refractivity contribution in [2.75, 3.05) is 19.6 Å².